The molecule has 0 aliphatic heterocycles. The van der Waals surface area contributed by atoms with Gasteiger partial charge in [0.15, 0.2) is 6.61 Å². The molecule has 0 heterocycles. The summed E-state index contributed by atoms with van der Waals surface area (Å²) in [6, 6.07) is 10.2. The molecule has 0 bridgehead atoms. The largest absolute Gasteiger partial charge is 0.508 e. The van der Waals surface area contributed by atoms with Crippen LogP contribution >= 0.6 is 0 Å². The number of hydrogen-bond donors (Lipinski definition) is 3. The van der Waals surface area contributed by atoms with Gasteiger partial charge in [0.05, 0.1) is 18.4 Å². The minimum Gasteiger partial charge on any atom is -0.508 e. The lowest BCUT2D eigenvalue weighted by molar-refractivity contribution is -0.119. The second-order valence-corrected chi connectivity index (χ2v) is 5.27. The molecule has 2 aromatic carbocycles. The molecule has 0 saturated heterocycles. The van der Waals surface area contributed by atoms with Gasteiger partial charge in [-0.15, -0.1) is 0 Å². The van der Waals surface area contributed by atoms with Gasteiger partial charge in [0.1, 0.15) is 11.5 Å². The summed E-state index contributed by atoms with van der Waals surface area (Å²) in [4.78, 5) is 35.0. The van der Waals surface area contributed by atoms with Crippen LogP contribution in [0.4, 0.5) is 11.4 Å². The molecule has 0 spiro atoms. The standard InChI is InChI=1S/C18H18N2O6/c1-11(21)19-13-5-8-16(25-2)15(9-13)20-17(23)10-26-18(24)12-3-6-14(22)7-4-12/h3-9,22H,10H2,1-2H3,(H,19,21)(H,20,23). The molecule has 0 unspecified atom stereocenters. The number of benzene rings is 2. The van der Waals surface area contributed by atoms with Crippen molar-refractivity contribution in [3.05, 3.63) is 48.0 Å². The van der Waals surface area contributed by atoms with Crippen molar-refractivity contribution in [3.8, 4) is 11.5 Å². The predicted octanol–water partition coefficient (Wildman–Crippen LogP) is 2.15. The molecule has 0 fully saturated rings. The molecule has 2 amide bonds. The van der Waals surface area contributed by atoms with Crippen molar-refractivity contribution >= 4 is 29.2 Å². The van der Waals surface area contributed by atoms with Crippen LogP contribution < -0.4 is 15.4 Å². The van der Waals surface area contributed by atoms with Gasteiger partial charge in [0, 0.05) is 12.6 Å². The van der Waals surface area contributed by atoms with E-state index in [0.29, 0.717) is 17.1 Å². The number of amides is 2. The Balaban J connectivity index is 1.99. The molecular weight excluding hydrogens is 340 g/mol. The molecule has 3 N–H and O–H groups in total. The number of nitrogens with one attached hydrogen (secondary N) is 2. The second kappa shape index (κ2) is 8.52. The van der Waals surface area contributed by atoms with Crippen LogP contribution in [-0.4, -0.2) is 36.6 Å². The number of phenolic OH excluding ortho intramolecular Hbond substituents is 1. The summed E-state index contributed by atoms with van der Waals surface area (Å²) < 4.78 is 10.1. The molecule has 2 aromatic rings. The first-order valence-electron chi connectivity index (χ1n) is 7.60. The molecule has 0 aromatic heterocycles. The van der Waals surface area contributed by atoms with E-state index in [1.165, 1.54) is 44.4 Å². The number of carbonyl (C=O) groups excluding carboxylic acids is 3. The summed E-state index contributed by atoms with van der Waals surface area (Å²) in [5.74, 6) is -1.12. The van der Waals surface area contributed by atoms with Gasteiger partial charge in [-0.1, -0.05) is 0 Å². The molecular formula is C18H18N2O6. The Labute approximate surface area is 149 Å². The predicted molar refractivity (Wildman–Crippen MR) is 94.3 cm³/mol. The van der Waals surface area contributed by atoms with Gasteiger partial charge in [-0.25, -0.2) is 4.79 Å². The molecule has 0 saturated carbocycles. The zero-order valence-corrected chi connectivity index (χ0v) is 14.2. The third-order valence-electron chi connectivity index (χ3n) is 3.23. The Kier molecular flexibility index (Phi) is 6.15. The van der Waals surface area contributed by atoms with Gasteiger partial charge in [-0.2, -0.15) is 0 Å². The van der Waals surface area contributed by atoms with Gasteiger partial charge in [-0.3, -0.25) is 9.59 Å². The van der Waals surface area contributed by atoms with Crippen LogP contribution in [0, 0.1) is 0 Å². The number of carbonyl (C=O) groups is 3. The van der Waals surface area contributed by atoms with E-state index in [1.54, 1.807) is 12.1 Å². The van der Waals surface area contributed by atoms with Crippen LogP contribution in [0.1, 0.15) is 17.3 Å². The Hall–Kier alpha value is -3.55. The third-order valence-corrected chi connectivity index (χ3v) is 3.23. The van der Waals surface area contributed by atoms with E-state index in [-0.39, 0.29) is 17.2 Å². The Morgan fingerprint density at radius 2 is 1.73 bits per heavy atom. The third kappa shape index (κ3) is 5.23. The number of phenols is 1. The van der Waals surface area contributed by atoms with Crippen LogP contribution in [0.3, 0.4) is 0 Å². The Morgan fingerprint density at radius 1 is 1.04 bits per heavy atom. The lowest BCUT2D eigenvalue weighted by Gasteiger charge is -2.12. The molecule has 136 valence electrons. The van der Waals surface area contributed by atoms with E-state index in [4.69, 9.17) is 9.47 Å². The van der Waals surface area contributed by atoms with E-state index in [9.17, 15) is 19.5 Å². The highest BCUT2D eigenvalue weighted by molar-refractivity contribution is 5.97. The second-order valence-electron chi connectivity index (χ2n) is 5.27. The molecule has 26 heavy (non-hydrogen) atoms. The number of aromatic hydroxyl groups is 1. The smallest absolute Gasteiger partial charge is 0.338 e. The van der Waals surface area contributed by atoms with Crippen LogP contribution in [0.25, 0.3) is 0 Å². The lowest BCUT2D eigenvalue weighted by Crippen LogP contribution is -2.21. The lowest BCUT2D eigenvalue weighted by atomic mass is 10.2. The highest BCUT2D eigenvalue weighted by Gasteiger charge is 2.13. The highest BCUT2D eigenvalue weighted by Crippen LogP contribution is 2.27. The summed E-state index contributed by atoms with van der Waals surface area (Å²) in [6.07, 6.45) is 0. The van der Waals surface area contributed by atoms with Crippen LogP contribution in [0.5, 0.6) is 11.5 Å². The number of rotatable bonds is 6. The van der Waals surface area contributed by atoms with E-state index in [0.717, 1.165) is 0 Å². The first kappa shape index (κ1) is 18.8. The summed E-state index contributed by atoms with van der Waals surface area (Å²) in [6.45, 7) is 0.860. The maximum Gasteiger partial charge on any atom is 0.338 e. The summed E-state index contributed by atoms with van der Waals surface area (Å²) >= 11 is 0. The summed E-state index contributed by atoms with van der Waals surface area (Å²) in [5, 5.41) is 14.3. The van der Waals surface area contributed by atoms with E-state index < -0.39 is 18.5 Å². The van der Waals surface area contributed by atoms with Gasteiger partial charge >= 0.3 is 5.97 Å². The number of esters is 1. The fourth-order valence-corrected chi connectivity index (χ4v) is 2.08. The fourth-order valence-electron chi connectivity index (χ4n) is 2.08. The van der Waals surface area contributed by atoms with Gasteiger partial charge < -0.3 is 25.2 Å². The van der Waals surface area contributed by atoms with E-state index in [2.05, 4.69) is 10.6 Å². The van der Waals surface area contributed by atoms with Gasteiger partial charge in [0.2, 0.25) is 5.91 Å². The molecule has 0 aliphatic carbocycles. The average molecular weight is 358 g/mol. The first-order chi connectivity index (χ1) is 12.4. The SMILES string of the molecule is COc1ccc(NC(C)=O)cc1NC(=O)COC(=O)c1ccc(O)cc1. The Bertz CT molecular complexity index is 817. The van der Waals surface area contributed by atoms with Crippen molar-refractivity contribution in [2.45, 2.75) is 6.92 Å². The molecule has 0 radical (unpaired) electrons. The minimum atomic E-state index is -0.695. The zero-order valence-electron chi connectivity index (χ0n) is 14.2. The van der Waals surface area contributed by atoms with Crippen molar-refractivity contribution in [3.63, 3.8) is 0 Å². The maximum atomic E-state index is 12.0. The molecule has 8 heteroatoms. The molecule has 2 rings (SSSR count). The number of hydrogen-bond acceptors (Lipinski definition) is 6. The normalized spacial score (nSPS) is 9.92. The van der Waals surface area contributed by atoms with Crippen molar-refractivity contribution < 1.29 is 29.0 Å². The van der Waals surface area contributed by atoms with Gasteiger partial charge in [-0.05, 0) is 42.5 Å². The van der Waals surface area contributed by atoms with Crippen LogP contribution in [0.15, 0.2) is 42.5 Å². The van der Waals surface area contributed by atoms with Crippen LogP contribution in [0.2, 0.25) is 0 Å². The van der Waals surface area contributed by atoms with Crippen LogP contribution in [-0.2, 0) is 14.3 Å². The van der Waals surface area contributed by atoms with Crippen molar-refractivity contribution in [1.82, 2.24) is 0 Å². The summed E-state index contributed by atoms with van der Waals surface area (Å²) in [7, 11) is 1.44. The highest BCUT2D eigenvalue weighted by atomic mass is 16.5. The fraction of sp³-hybridized carbons (Fsp3) is 0.167. The zero-order chi connectivity index (χ0) is 19.1. The quantitative estimate of drug-likeness (QED) is 0.682. The minimum absolute atomic E-state index is 0.0189. The maximum absolute atomic E-state index is 12.0. The summed E-state index contributed by atoms with van der Waals surface area (Å²) in [5.41, 5.74) is 1.01. The topological polar surface area (TPSA) is 114 Å². The monoisotopic (exact) mass is 358 g/mol. The van der Waals surface area contributed by atoms with Gasteiger partial charge in [0.25, 0.3) is 5.91 Å². The number of methoxy groups -OCH3 is 1. The number of anilines is 2. The number of ether oxygens (including phenoxy) is 2. The van der Waals surface area contributed by atoms with Crippen molar-refractivity contribution in [1.29, 1.82) is 0 Å². The average Bonchev–Trinajstić information content (AvgIpc) is 2.60. The van der Waals surface area contributed by atoms with E-state index in [1.807, 2.05) is 0 Å². The molecule has 8 nitrogen and oxygen atoms in total. The van der Waals surface area contributed by atoms with Crippen molar-refractivity contribution in [2.75, 3.05) is 24.4 Å². The molecule has 0 atom stereocenters. The van der Waals surface area contributed by atoms with E-state index >= 15 is 0 Å². The first-order valence-corrected chi connectivity index (χ1v) is 7.60. The van der Waals surface area contributed by atoms with Crippen molar-refractivity contribution in [2.24, 2.45) is 0 Å². The molecule has 0 aliphatic rings. The Morgan fingerprint density at radius 3 is 2.35 bits per heavy atom.